The summed E-state index contributed by atoms with van der Waals surface area (Å²) < 4.78 is 0. The topological polar surface area (TPSA) is 33.5 Å². The van der Waals surface area contributed by atoms with E-state index in [2.05, 4.69) is 225 Å². The Hall–Kier alpha value is -5.52. The molecule has 6 atom stereocenters. The van der Waals surface area contributed by atoms with Crippen LogP contribution in [0.2, 0.25) is 0 Å². The molecule has 7 aromatic rings. The van der Waals surface area contributed by atoms with Gasteiger partial charge in [0.2, 0.25) is 0 Å². The summed E-state index contributed by atoms with van der Waals surface area (Å²) in [5, 5.41) is 12.3. The third-order valence-corrected chi connectivity index (χ3v) is 20.9. The van der Waals surface area contributed by atoms with Crippen molar-refractivity contribution in [3.8, 4) is 6.07 Å². The molecule has 3 aliphatic rings. The van der Waals surface area contributed by atoms with Crippen molar-refractivity contribution in [2.75, 3.05) is 14.7 Å². The predicted molar refractivity (Wildman–Crippen MR) is 320 cm³/mol. The van der Waals surface area contributed by atoms with Crippen LogP contribution >= 0.6 is 35.3 Å². The minimum atomic E-state index is 0.352. The predicted octanol–water partition coefficient (Wildman–Crippen LogP) is 22.4. The molecule has 0 aliphatic carbocycles. The standard InChI is InChI=1S/C67H74N4S3/c1-13-40(7)47-25-19-31-54-62(47)72-63-48(41(8)14-2)26-20-32-55(63)69(54)46-37-60(70-56-33-21-27-49(42(9)15-3)64(56)73-65-50(43(10)16-4)28-22-34-57(65)70)53(39-68)61(38-46)71-58-35-23-29-51(44(11)17-5)66(58)74-67-52(45(12)18-6)30-24-36-59(67)71/h19-38,40-45H,13-18H2,1-12H3. The molecule has 7 aromatic carbocycles. The van der Waals surface area contributed by atoms with Gasteiger partial charge in [-0.2, -0.15) is 5.26 Å². The first-order valence-electron chi connectivity index (χ1n) is 27.7. The maximum atomic E-state index is 12.3. The lowest BCUT2D eigenvalue weighted by molar-refractivity contribution is 0.712. The molecule has 0 amide bonds. The number of nitrogens with zero attached hydrogens (tertiary/aromatic N) is 4. The monoisotopic (exact) mass is 1030 g/mol. The highest BCUT2D eigenvalue weighted by Crippen LogP contribution is 2.63. The molecule has 0 N–H and O–H groups in total. The maximum absolute atomic E-state index is 12.3. The number of anilines is 9. The second-order valence-electron chi connectivity index (χ2n) is 21.3. The Balaban J connectivity index is 1.38. The smallest absolute Gasteiger partial charge is 0.104 e. The zero-order chi connectivity index (χ0) is 52.1. The van der Waals surface area contributed by atoms with Crippen LogP contribution in [0.5, 0.6) is 0 Å². The van der Waals surface area contributed by atoms with Crippen LogP contribution in [-0.2, 0) is 0 Å². The SMILES string of the molecule is CCC(C)c1cccc2c1Sc1c(C(C)CC)cccc1N2c1cc(N2c3cccc(C(C)CC)c3Sc3c(C(C)CC)cccc32)c(C#N)c(N2c3cccc(C(C)CC)c3Sc3c(C(C)CC)cccc32)c1. The number of rotatable bonds is 15. The Kier molecular flexibility index (Phi) is 15.2. The van der Waals surface area contributed by atoms with E-state index >= 15 is 0 Å². The molecule has 3 heterocycles. The highest BCUT2D eigenvalue weighted by molar-refractivity contribution is 8.00. The summed E-state index contributed by atoms with van der Waals surface area (Å²) in [4.78, 5) is 15.3. The Morgan fingerprint density at radius 1 is 0.338 bits per heavy atom. The Morgan fingerprint density at radius 2 is 0.554 bits per heavy atom. The molecule has 4 nitrogen and oxygen atoms in total. The number of hydrogen-bond donors (Lipinski definition) is 0. The fourth-order valence-electron chi connectivity index (χ4n) is 11.3. The van der Waals surface area contributed by atoms with Crippen LogP contribution in [0.4, 0.5) is 51.2 Å². The molecule has 0 saturated heterocycles. The van der Waals surface area contributed by atoms with Crippen LogP contribution in [0, 0.1) is 11.3 Å². The lowest BCUT2D eigenvalue weighted by Gasteiger charge is -2.41. The minimum Gasteiger partial charge on any atom is -0.308 e. The molecule has 74 heavy (non-hydrogen) atoms. The Morgan fingerprint density at radius 3 is 0.757 bits per heavy atom. The molecule has 7 heteroatoms. The van der Waals surface area contributed by atoms with Gasteiger partial charge in [-0.1, -0.05) is 191 Å². The summed E-state index contributed by atoms with van der Waals surface area (Å²) in [5.74, 6) is 2.16. The number of nitriles is 1. The van der Waals surface area contributed by atoms with Crippen LogP contribution in [0.1, 0.15) is 196 Å². The lowest BCUT2D eigenvalue weighted by atomic mass is 9.94. The Bertz CT molecular complexity index is 2970. The van der Waals surface area contributed by atoms with E-state index in [9.17, 15) is 5.26 Å². The number of hydrogen-bond acceptors (Lipinski definition) is 7. The zero-order valence-electron chi connectivity index (χ0n) is 45.8. The first-order chi connectivity index (χ1) is 35.9. The molecule has 10 rings (SSSR count). The lowest BCUT2D eigenvalue weighted by Crippen LogP contribution is -2.23. The highest BCUT2D eigenvalue weighted by atomic mass is 32.2. The molecule has 3 aliphatic heterocycles. The van der Waals surface area contributed by atoms with Crippen molar-refractivity contribution in [2.24, 2.45) is 0 Å². The summed E-state index contributed by atoms with van der Waals surface area (Å²) in [6.45, 7) is 28.0. The van der Waals surface area contributed by atoms with Gasteiger partial charge in [-0.3, -0.25) is 0 Å². The number of fused-ring (bicyclic) bond motifs is 6. The number of benzene rings is 7. The molecular weight excluding hydrogens is 957 g/mol. The largest absolute Gasteiger partial charge is 0.308 e. The molecule has 6 unspecified atom stereocenters. The van der Waals surface area contributed by atoms with Crippen LogP contribution in [0.25, 0.3) is 0 Å². The van der Waals surface area contributed by atoms with E-state index < -0.39 is 0 Å². The molecule has 0 fully saturated rings. The third-order valence-electron chi connectivity index (χ3n) is 17.0. The van der Waals surface area contributed by atoms with Crippen molar-refractivity contribution in [2.45, 2.75) is 186 Å². The normalized spacial score (nSPS) is 15.9. The van der Waals surface area contributed by atoms with Crippen molar-refractivity contribution in [1.82, 2.24) is 0 Å². The Labute approximate surface area is 456 Å². The van der Waals surface area contributed by atoms with Gasteiger partial charge in [-0.05, 0) is 156 Å². The first kappa shape index (κ1) is 51.9. The van der Waals surface area contributed by atoms with Gasteiger partial charge in [0.15, 0.2) is 0 Å². The zero-order valence-corrected chi connectivity index (χ0v) is 48.2. The summed E-state index contributed by atoms with van der Waals surface area (Å²) in [5.41, 5.74) is 18.5. The van der Waals surface area contributed by atoms with Crippen molar-refractivity contribution < 1.29 is 0 Å². The van der Waals surface area contributed by atoms with E-state index in [1.807, 2.05) is 35.3 Å². The third kappa shape index (κ3) is 8.75. The summed E-state index contributed by atoms with van der Waals surface area (Å²) in [6, 6.07) is 49.2. The van der Waals surface area contributed by atoms with Gasteiger partial charge >= 0.3 is 0 Å². The van der Waals surface area contributed by atoms with Crippen LogP contribution in [0.15, 0.2) is 151 Å². The molecule has 0 radical (unpaired) electrons. The summed E-state index contributed by atoms with van der Waals surface area (Å²) in [6.07, 6.45) is 6.23. The van der Waals surface area contributed by atoms with Gasteiger partial charge < -0.3 is 14.7 Å². The van der Waals surface area contributed by atoms with E-state index in [1.165, 1.54) is 74.1 Å². The summed E-state index contributed by atoms with van der Waals surface area (Å²) in [7, 11) is 0. The average Bonchev–Trinajstić information content (AvgIpc) is 3.44. The van der Waals surface area contributed by atoms with E-state index in [1.54, 1.807) is 0 Å². The van der Waals surface area contributed by atoms with Gasteiger partial charge in [0, 0.05) is 29.4 Å². The molecule has 0 bridgehead atoms. The van der Waals surface area contributed by atoms with E-state index in [4.69, 9.17) is 0 Å². The highest BCUT2D eigenvalue weighted by Gasteiger charge is 2.38. The van der Waals surface area contributed by atoms with E-state index in [0.717, 1.165) is 78.3 Å². The van der Waals surface area contributed by atoms with Gasteiger partial charge in [0.05, 0.1) is 51.2 Å². The summed E-state index contributed by atoms with van der Waals surface area (Å²) >= 11 is 5.84. The molecule has 380 valence electrons. The van der Waals surface area contributed by atoms with Gasteiger partial charge in [-0.25, -0.2) is 0 Å². The average molecular weight is 1030 g/mol. The molecule has 0 aromatic heterocycles. The van der Waals surface area contributed by atoms with E-state index in [0.29, 0.717) is 41.1 Å². The quantitative estimate of drug-likeness (QED) is 0.101. The minimum absolute atomic E-state index is 0.352. The second-order valence-corrected chi connectivity index (χ2v) is 24.4. The van der Waals surface area contributed by atoms with Crippen molar-refractivity contribution in [1.29, 1.82) is 5.26 Å². The second kappa shape index (κ2) is 21.6. The van der Waals surface area contributed by atoms with Crippen LogP contribution < -0.4 is 14.7 Å². The van der Waals surface area contributed by atoms with Gasteiger partial charge in [0.25, 0.3) is 0 Å². The van der Waals surface area contributed by atoms with Gasteiger partial charge in [0.1, 0.15) is 11.6 Å². The van der Waals surface area contributed by atoms with Crippen molar-refractivity contribution in [3.05, 3.63) is 160 Å². The van der Waals surface area contributed by atoms with Gasteiger partial charge in [-0.15, -0.1) is 0 Å². The van der Waals surface area contributed by atoms with Crippen molar-refractivity contribution >= 4 is 86.5 Å². The maximum Gasteiger partial charge on any atom is 0.104 e. The fourth-order valence-corrected chi connectivity index (χ4v) is 15.8. The van der Waals surface area contributed by atoms with Crippen molar-refractivity contribution in [3.63, 3.8) is 0 Å². The molecular formula is C67H74N4S3. The van der Waals surface area contributed by atoms with Crippen LogP contribution in [-0.4, -0.2) is 0 Å². The molecule has 0 spiro atoms. The first-order valence-corrected chi connectivity index (χ1v) is 30.2. The molecule has 0 saturated carbocycles. The van der Waals surface area contributed by atoms with E-state index in [-0.39, 0.29) is 0 Å². The van der Waals surface area contributed by atoms with Crippen LogP contribution in [0.3, 0.4) is 0 Å². The fraction of sp³-hybridized carbons (Fsp3) is 0.358.